The molecule has 2 aromatic heterocycles. The number of fused-ring (bicyclic) bond motifs is 4. The zero-order chi connectivity index (χ0) is 16.4. The van der Waals surface area contributed by atoms with E-state index in [9.17, 15) is 9.90 Å². The van der Waals surface area contributed by atoms with Gasteiger partial charge in [-0.2, -0.15) is 0 Å². The highest BCUT2D eigenvalue weighted by Crippen LogP contribution is 2.40. The van der Waals surface area contributed by atoms with Crippen molar-refractivity contribution in [1.29, 1.82) is 0 Å². The Morgan fingerprint density at radius 1 is 1.35 bits per heavy atom. The fourth-order valence-electron chi connectivity index (χ4n) is 3.17. The molecule has 0 amide bonds. The molecule has 1 N–H and O–H groups in total. The van der Waals surface area contributed by atoms with Crippen LogP contribution in [-0.2, 0) is 7.05 Å². The van der Waals surface area contributed by atoms with E-state index in [1.807, 2.05) is 37.6 Å². The summed E-state index contributed by atoms with van der Waals surface area (Å²) in [6.07, 6.45) is 7.13. The van der Waals surface area contributed by atoms with E-state index >= 15 is 0 Å². The summed E-state index contributed by atoms with van der Waals surface area (Å²) in [5.74, 6) is 0.505. The lowest BCUT2D eigenvalue weighted by molar-refractivity contribution is 0.159. The Morgan fingerprint density at radius 3 is 2.91 bits per heavy atom. The number of hydrogen-bond acceptors (Lipinski definition) is 4. The first-order valence-electron chi connectivity index (χ1n) is 7.40. The summed E-state index contributed by atoms with van der Waals surface area (Å²) < 4.78 is 7.82. The van der Waals surface area contributed by atoms with Crippen LogP contribution in [-0.4, -0.2) is 20.3 Å². The van der Waals surface area contributed by atoms with Crippen molar-refractivity contribution in [2.24, 2.45) is 7.05 Å². The number of benzene rings is 1. The fraction of sp³-hybridized carbons (Fsp3) is 0.222. The SMILES string of the molecule is Cn1c2cnccc2c(=O)c2c(O)cc3c(c21)C=CC(C)(C)O3. The molecular weight excluding hydrogens is 292 g/mol. The van der Waals surface area contributed by atoms with Gasteiger partial charge in [-0.05, 0) is 32.1 Å². The summed E-state index contributed by atoms with van der Waals surface area (Å²) in [5, 5.41) is 11.3. The maximum Gasteiger partial charge on any atom is 0.201 e. The van der Waals surface area contributed by atoms with Gasteiger partial charge >= 0.3 is 0 Å². The molecule has 5 heteroatoms. The lowest BCUT2D eigenvalue weighted by Crippen LogP contribution is -2.28. The largest absolute Gasteiger partial charge is 0.507 e. The van der Waals surface area contributed by atoms with Crippen molar-refractivity contribution >= 4 is 27.9 Å². The third-order valence-corrected chi connectivity index (χ3v) is 4.27. The topological polar surface area (TPSA) is 64.4 Å². The highest BCUT2D eigenvalue weighted by atomic mass is 16.5. The average molecular weight is 308 g/mol. The second-order valence-corrected chi connectivity index (χ2v) is 6.35. The lowest BCUT2D eigenvalue weighted by atomic mass is 9.98. The molecule has 3 aromatic rings. The molecule has 0 atom stereocenters. The first kappa shape index (κ1) is 13.8. The molecule has 0 spiro atoms. The van der Waals surface area contributed by atoms with Gasteiger partial charge in [-0.3, -0.25) is 9.78 Å². The van der Waals surface area contributed by atoms with Gasteiger partial charge in [0.2, 0.25) is 5.43 Å². The molecule has 0 unspecified atom stereocenters. The average Bonchev–Trinajstić information content (AvgIpc) is 2.50. The maximum absolute atomic E-state index is 12.8. The molecule has 0 radical (unpaired) electrons. The molecular formula is C18H16N2O3. The van der Waals surface area contributed by atoms with Gasteiger partial charge < -0.3 is 14.4 Å². The number of hydrogen-bond donors (Lipinski definition) is 1. The van der Waals surface area contributed by atoms with E-state index in [0.717, 1.165) is 11.1 Å². The van der Waals surface area contributed by atoms with E-state index < -0.39 is 5.60 Å². The minimum Gasteiger partial charge on any atom is -0.507 e. The molecule has 116 valence electrons. The van der Waals surface area contributed by atoms with E-state index in [1.165, 1.54) is 6.07 Å². The monoisotopic (exact) mass is 308 g/mol. The summed E-state index contributed by atoms with van der Waals surface area (Å²) in [6.45, 7) is 3.88. The van der Waals surface area contributed by atoms with Crippen LogP contribution in [0.25, 0.3) is 27.9 Å². The van der Waals surface area contributed by atoms with Gasteiger partial charge in [-0.15, -0.1) is 0 Å². The number of nitrogens with zero attached hydrogens (tertiary/aromatic N) is 2. The van der Waals surface area contributed by atoms with Gasteiger partial charge in [-0.1, -0.05) is 0 Å². The van der Waals surface area contributed by atoms with Crippen LogP contribution in [0, 0.1) is 0 Å². The van der Waals surface area contributed by atoms with Gasteiger partial charge in [0, 0.05) is 30.3 Å². The van der Waals surface area contributed by atoms with Crippen LogP contribution in [0.1, 0.15) is 19.4 Å². The molecule has 1 aliphatic rings. The van der Waals surface area contributed by atoms with Crippen LogP contribution >= 0.6 is 0 Å². The van der Waals surface area contributed by atoms with E-state index in [1.54, 1.807) is 18.5 Å². The van der Waals surface area contributed by atoms with Gasteiger partial charge in [0.1, 0.15) is 17.1 Å². The summed E-state index contributed by atoms with van der Waals surface area (Å²) in [7, 11) is 1.86. The molecule has 0 fully saturated rings. The first-order chi connectivity index (χ1) is 10.9. The molecule has 0 saturated heterocycles. The Labute approximate surface area is 132 Å². The van der Waals surface area contributed by atoms with Crippen molar-refractivity contribution in [3.05, 3.63) is 46.4 Å². The normalized spacial score (nSPS) is 15.6. The van der Waals surface area contributed by atoms with Crippen molar-refractivity contribution in [3.8, 4) is 11.5 Å². The number of phenolic OH excluding ortho intramolecular Hbond substituents is 1. The Balaban J connectivity index is 2.26. The van der Waals surface area contributed by atoms with Crippen molar-refractivity contribution in [2.75, 3.05) is 0 Å². The third kappa shape index (κ3) is 1.86. The van der Waals surface area contributed by atoms with Crippen LogP contribution in [0.15, 0.2) is 35.4 Å². The zero-order valence-corrected chi connectivity index (χ0v) is 13.1. The van der Waals surface area contributed by atoms with Crippen LogP contribution in [0.3, 0.4) is 0 Å². The molecule has 1 aliphatic heterocycles. The summed E-state index contributed by atoms with van der Waals surface area (Å²) in [5.41, 5.74) is 1.51. The van der Waals surface area contributed by atoms with Gasteiger partial charge in [0.25, 0.3) is 0 Å². The predicted molar refractivity (Wildman–Crippen MR) is 89.9 cm³/mol. The third-order valence-electron chi connectivity index (χ3n) is 4.27. The van der Waals surface area contributed by atoms with Crippen LogP contribution < -0.4 is 10.2 Å². The van der Waals surface area contributed by atoms with Crippen molar-refractivity contribution in [2.45, 2.75) is 19.4 Å². The predicted octanol–water partition coefficient (Wildman–Crippen LogP) is 2.98. The molecule has 3 heterocycles. The quantitative estimate of drug-likeness (QED) is 0.648. The molecule has 4 rings (SSSR count). The standard InChI is InChI=1S/C18H16N2O3/c1-18(2)6-4-11-14(23-18)8-13(21)15-16(11)20(3)12-9-19-7-5-10(12)17(15)22/h4-9,21H,1-3H3. The van der Waals surface area contributed by atoms with Gasteiger partial charge in [0.15, 0.2) is 0 Å². The smallest absolute Gasteiger partial charge is 0.201 e. The van der Waals surface area contributed by atoms with Crippen LogP contribution in [0.4, 0.5) is 0 Å². The molecule has 0 bridgehead atoms. The van der Waals surface area contributed by atoms with Crippen molar-refractivity contribution in [1.82, 2.24) is 9.55 Å². The van der Waals surface area contributed by atoms with Crippen LogP contribution in [0.2, 0.25) is 0 Å². The summed E-state index contributed by atoms with van der Waals surface area (Å²) >= 11 is 0. The van der Waals surface area contributed by atoms with E-state index in [0.29, 0.717) is 22.0 Å². The van der Waals surface area contributed by atoms with Crippen molar-refractivity contribution in [3.63, 3.8) is 0 Å². The molecule has 23 heavy (non-hydrogen) atoms. The number of rotatable bonds is 0. The fourth-order valence-corrected chi connectivity index (χ4v) is 3.17. The molecule has 5 nitrogen and oxygen atoms in total. The lowest BCUT2D eigenvalue weighted by Gasteiger charge is -2.29. The second-order valence-electron chi connectivity index (χ2n) is 6.35. The number of aryl methyl sites for hydroxylation is 1. The highest BCUT2D eigenvalue weighted by Gasteiger charge is 2.26. The number of ether oxygens (including phenoxy) is 1. The minimum absolute atomic E-state index is 0.0656. The van der Waals surface area contributed by atoms with Gasteiger partial charge in [-0.25, -0.2) is 0 Å². The van der Waals surface area contributed by atoms with E-state index in [-0.39, 0.29) is 11.2 Å². The van der Waals surface area contributed by atoms with Gasteiger partial charge in [0.05, 0.1) is 22.6 Å². The first-order valence-corrected chi connectivity index (χ1v) is 7.40. The minimum atomic E-state index is -0.454. The Kier molecular flexibility index (Phi) is 2.61. The Morgan fingerprint density at radius 2 is 2.13 bits per heavy atom. The summed E-state index contributed by atoms with van der Waals surface area (Å²) in [6, 6.07) is 3.20. The van der Waals surface area contributed by atoms with E-state index in [2.05, 4.69) is 4.98 Å². The number of aromatic nitrogens is 2. The molecule has 1 aromatic carbocycles. The Bertz CT molecular complexity index is 1060. The molecule has 0 aliphatic carbocycles. The van der Waals surface area contributed by atoms with Crippen molar-refractivity contribution < 1.29 is 9.84 Å². The zero-order valence-electron chi connectivity index (χ0n) is 13.1. The summed E-state index contributed by atoms with van der Waals surface area (Å²) in [4.78, 5) is 16.9. The number of aromatic hydroxyl groups is 1. The number of pyridine rings is 2. The van der Waals surface area contributed by atoms with E-state index in [4.69, 9.17) is 4.74 Å². The second kappa shape index (κ2) is 4.35. The maximum atomic E-state index is 12.8. The highest BCUT2D eigenvalue weighted by molar-refractivity contribution is 6.01. The van der Waals surface area contributed by atoms with Crippen LogP contribution in [0.5, 0.6) is 11.5 Å². The number of phenols is 1. The molecule has 0 saturated carbocycles. The Hall–Kier alpha value is -2.82.